The van der Waals surface area contributed by atoms with Gasteiger partial charge >= 0.3 is 5.97 Å². The van der Waals surface area contributed by atoms with Gasteiger partial charge in [0.1, 0.15) is 0 Å². The highest BCUT2D eigenvalue weighted by Gasteiger charge is 2.14. The average Bonchev–Trinajstić information content (AvgIpc) is 2.11. The zero-order valence-electron chi connectivity index (χ0n) is 7.38. The van der Waals surface area contributed by atoms with Crippen LogP contribution in [0.3, 0.4) is 0 Å². The van der Waals surface area contributed by atoms with E-state index in [4.69, 9.17) is 16.3 Å². The molecule has 0 aliphatic heterocycles. The molecule has 0 spiro atoms. The summed E-state index contributed by atoms with van der Waals surface area (Å²) in [5.74, 6) is -0.436. The minimum absolute atomic E-state index is 0.323. The standard InChI is InChI=1S/C9H8BrClO2S/c1-2-13-9(12)6-3-5(14)4-7(10)8(6)11/h3-4,14H,2H2,1H3. The van der Waals surface area contributed by atoms with Gasteiger partial charge in [0.25, 0.3) is 0 Å². The highest BCUT2D eigenvalue weighted by Crippen LogP contribution is 2.29. The lowest BCUT2D eigenvalue weighted by molar-refractivity contribution is 0.0526. The molecule has 0 aromatic heterocycles. The number of ether oxygens (including phenoxy) is 1. The molecule has 2 nitrogen and oxygen atoms in total. The summed E-state index contributed by atoms with van der Waals surface area (Å²) in [4.78, 5) is 12.1. The van der Waals surface area contributed by atoms with Crippen LogP contribution < -0.4 is 0 Å². The maximum atomic E-state index is 11.4. The van der Waals surface area contributed by atoms with Crippen LogP contribution in [0.5, 0.6) is 0 Å². The van der Waals surface area contributed by atoms with E-state index in [9.17, 15) is 4.79 Å². The predicted molar refractivity (Wildman–Crippen MR) is 62.4 cm³/mol. The van der Waals surface area contributed by atoms with Crippen LogP contribution in [-0.2, 0) is 4.74 Å². The highest BCUT2D eigenvalue weighted by molar-refractivity contribution is 9.10. The molecule has 1 rings (SSSR count). The largest absolute Gasteiger partial charge is 0.462 e. The Bertz CT molecular complexity index is 368. The van der Waals surface area contributed by atoms with E-state index in [0.717, 1.165) is 0 Å². The molecule has 0 atom stereocenters. The van der Waals surface area contributed by atoms with Crippen molar-refractivity contribution in [1.29, 1.82) is 0 Å². The number of halogens is 2. The molecular weight excluding hydrogens is 288 g/mol. The SMILES string of the molecule is CCOC(=O)c1cc(S)cc(Br)c1Cl. The summed E-state index contributed by atoms with van der Waals surface area (Å²) in [5.41, 5.74) is 0.327. The molecule has 0 heterocycles. The van der Waals surface area contributed by atoms with Crippen molar-refractivity contribution in [3.05, 3.63) is 27.2 Å². The third kappa shape index (κ3) is 2.65. The second kappa shape index (κ2) is 5.05. The van der Waals surface area contributed by atoms with Gasteiger partial charge in [0.05, 0.1) is 17.2 Å². The van der Waals surface area contributed by atoms with Gasteiger partial charge in [-0.15, -0.1) is 12.6 Å². The number of hydrogen-bond donors (Lipinski definition) is 1. The Morgan fingerprint density at radius 1 is 1.64 bits per heavy atom. The second-order valence-corrected chi connectivity index (χ2v) is 4.26. The zero-order valence-corrected chi connectivity index (χ0v) is 10.6. The van der Waals surface area contributed by atoms with Crippen LogP contribution in [0.4, 0.5) is 0 Å². The summed E-state index contributed by atoms with van der Waals surface area (Å²) >= 11 is 13.3. The van der Waals surface area contributed by atoms with E-state index in [-0.39, 0.29) is 0 Å². The smallest absolute Gasteiger partial charge is 0.339 e. The van der Waals surface area contributed by atoms with E-state index < -0.39 is 5.97 Å². The lowest BCUT2D eigenvalue weighted by Gasteiger charge is -2.06. The first-order valence-electron chi connectivity index (χ1n) is 3.91. The van der Waals surface area contributed by atoms with E-state index >= 15 is 0 Å². The Balaban J connectivity index is 3.13. The van der Waals surface area contributed by atoms with Crippen LogP contribution in [0.25, 0.3) is 0 Å². The van der Waals surface area contributed by atoms with Gasteiger partial charge < -0.3 is 4.74 Å². The molecule has 0 aliphatic rings. The lowest BCUT2D eigenvalue weighted by Crippen LogP contribution is -2.05. The fraction of sp³-hybridized carbons (Fsp3) is 0.222. The van der Waals surface area contributed by atoms with Crippen molar-refractivity contribution >= 4 is 46.1 Å². The summed E-state index contributed by atoms with van der Waals surface area (Å²) < 4.78 is 5.47. The minimum atomic E-state index is -0.436. The summed E-state index contributed by atoms with van der Waals surface area (Å²) in [6.07, 6.45) is 0. The van der Waals surface area contributed by atoms with Gasteiger partial charge in [-0.2, -0.15) is 0 Å². The topological polar surface area (TPSA) is 26.3 Å². The van der Waals surface area contributed by atoms with Crippen molar-refractivity contribution in [1.82, 2.24) is 0 Å². The molecule has 0 saturated heterocycles. The number of rotatable bonds is 2. The van der Waals surface area contributed by atoms with Crippen LogP contribution in [0.1, 0.15) is 17.3 Å². The first-order valence-corrected chi connectivity index (χ1v) is 5.53. The number of esters is 1. The first kappa shape index (κ1) is 11.9. The number of hydrogen-bond acceptors (Lipinski definition) is 3. The van der Waals surface area contributed by atoms with Crippen LogP contribution in [0.2, 0.25) is 5.02 Å². The minimum Gasteiger partial charge on any atom is -0.462 e. The molecule has 5 heteroatoms. The Hall–Kier alpha value is -0.190. The van der Waals surface area contributed by atoms with Crippen molar-refractivity contribution in [2.45, 2.75) is 11.8 Å². The molecule has 0 radical (unpaired) electrons. The molecule has 0 aliphatic carbocycles. The van der Waals surface area contributed by atoms with E-state index in [2.05, 4.69) is 28.6 Å². The van der Waals surface area contributed by atoms with Crippen molar-refractivity contribution in [2.75, 3.05) is 6.61 Å². The molecule has 1 aromatic carbocycles. The van der Waals surface area contributed by atoms with Crippen LogP contribution in [-0.4, -0.2) is 12.6 Å². The summed E-state index contributed by atoms with van der Waals surface area (Å²) in [6.45, 7) is 2.06. The molecule has 0 amide bonds. The quantitative estimate of drug-likeness (QED) is 0.667. The normalized spacial score (nSPS) is 10.0. The Morgan fingerprint density at radius 2 is 2.29 bits per heavy atom. The van der Waals surface area contributed by atoms with Gasteiger partial charge in [-0.25, -0.2) is 4.79 Å². The molecule has 0 bridgehead atoms. The monoisotopic (exact) mass is 294 g/mol. The summed E-state index contributed by atoms with van der Waals surface area (Å²) in [7, 11) is 0. The number of carbonyl (C=O) groups excluding carboxylic acids is 1. The van der Waals surface area contributed by atoms with Crippen molar-refractivity contribution in [3.8, 4) is 0 Å². The fourth-order valence-corrected chi connectivity index (χ4v) is 2.01. The van der Waals surface area contributed by atoms with Crippen molar-refractivity contribution < 1.29 is 9.53 Å². The molecule has 0 fully saturated rings. The number of carbonyl (C=O) groups is 1. The molecule has 0 saturated carbocycles. The molecule has 76 valence electrons. The number of benzene rings is 1. The lowest BCUT2D eigenvalue weighted by atomic mass is 10.2. The maximum Gasteiger partial charge on any atom is 0.339 e. The van der Waals surface area contributed by atoms with Gasteiger partial charge in [0, 0.05) is 9.37 Å². The number of thiol groups is 1. The van der Waals surface area contributed by atoms with E-state index in [1.54, 1.807) is 19.1 Å². The molecule has 0 N–H and O–H groups in total. The fourth-order valence-electron chi connectivity index (χ4n) is 0.932. The van der Waals surface area contributed by atoms with Gasteiger partial charge in [0.15, 0.2) is 0 Å². The third-order valence-electron chi connectivity index (χ3n) is 1.51. The maximum absolute atomic E-state index is 11.4. The van der Waals surface area contributed by atoms with Gasteiger partial charge in [-0.1, -0.05) is 11.6 Å². The van der Waals surface area contributed by atoms with E-state index in [1.807, 2.05) is 0 Å². The average molecular weight is 296 g/mol. The Morgan fingerprint density at radius 3 is 2.86 bits per heavy atom. The molecule has 14 heavy (non-hydrogen) atoms. The first-order chi connectivity index (χ1) is 6.56. The highest BCUT2D eigenvalue weighted by atomic mass is 79.9. The van der Waals surface area contributed by atoms with Crippen molar-refractivity contribution in [3.63, 3.8) is 0 Å². The predicted octanol–water partition coefficient (Wildman–Crippen LogP) is 3.57. The second-order valence-electron chi connectivity index (χ2n) is 2.51. The molecule has 0 unspecified atom stereocenters. The summed E-state index contributed by atoms with van der Waals surface area (Å²) in [6, 6.07) is 3.29. The summed E-state index contributed by atoms with van der Waals surface area (Å²) in [5, 5.41) is 0.348. The molecular formula is C9H8BrClO2S. The third-order valence-corrected chi connectivity index (χ3v) is 3.03. The van der Waals surface area contributed by atoms with E-state index in [1.165, 1.54) is 0 Å². The Kier molecular flexibility index (Phi) is 4.29. The van der Waals surface area contributed by atoms with Crippen molar-refractivity contribution in [2.24, 2.45) is 0 Å². The zero-order chi connectivity index (χ0) is 10.7. The van der Waals surface area contributed by atoms with Crippen LogP contribution in [0.15, 0.2) is 21.5 Å². The van der Waals surface area contributed by atoms with Gasteiger partial charge in [-0.05, 0) is 35.0 Å². The van der Waals surface area contributed by atoms with Gasteiger partial charge in [-0.3, -0.25) is 0 Å². The van der Waals surface area contributed by atoms with Crippen LogP contribution >= 0.6 is 40.2 Å². The molecule has 1 aromatic rings. The van der Waals surface area contributed by atoms with E-state index in [0.29, 0.717) is 26.6 Å². The van der Waals surface area contributed by atoms with Gasteiger partial charge in [0.2, 0.25) is 0 Å². The Labute approximate surface area is 101 Å². The van der Waals surface area contributed by atoms with Crippen LogP contribution in [0, 0.1) is 0 Å².